The molecular weight excluding hydrogens is 336 g/mol. The van der Waals surface area contributed by atoms with Crippen LogP contribution in [0.2, 0.25) is 0 Å². The summed E-state index contributed by atoms with van der Waals surface area (Å²) in [6.45, 7) is 2.12. The lowest BCUT2D eigenvalue weighted by molar-refractivity contribution is -0.130. The fourth-order valence-electron chi connectivity index (χ4n) is 3.43. The summed E-state index contributed by atoms with van der Waals surface area (Å²) in [5.41, 5.74) is 3.02. The van der Waals surface area contributed by atoms with Crippen LogP contribution in [0, 0.1) is 5.21 Å². The summed E-state index contributed by atoms with van der Waals surface area (Å²) in [6.07, 6.45) is 0.717. The van der Waals surface area contributed by atoms with Gasteiger partial charge in [-0.1, -0.05) is 12.1 Å². The number of anilines is 1. The standard InChI is InChI=1S/C19H21N2O5/c1-12(22)20-9-8-14-10-17(25-2)18(26-3)11-16(14)19(20)13-4-6-15(7-5-13)21(23)24/h4-7,10-11,19,23H,8-9H2,1-3H3/q-1. The normalized spacial score (nSPS) is 16.0. The van der Waals surface area contributed by atoms with E-state index < -0.39 is 0 Å². The Morgan fingerprint density at radius 3 is 2.35 bits per heavy atom. The average Bonchev–Trinajstić information content (AvgIpc) is 2.65. The average molecular weight is 357 g/mol. The van der Waals surface area contributed by atoms with Crippen LogP contribution in [0.15, 0.2) is 36.4 Å². The van der Waals surface area contributed by atoms with Gasteiger partial charge >= 0.3 is 0 Å². The van der Waals surface area contributed by atoms with Gasteiger partial charge in [-0.3, -0.25) is 10.0 Å². The summed E-state index contributed by atoms with van der Waals surface area (Å²) >= 11 is 0. The zero-order valence-electron chi connectivity index (χ0n) is 14.9. The Hall–Kier alpha value is -2.77. The molecule has 3 rings (SSSR count). The third kappa shape index (κ3) is 3.18. The van der Waals surface area contributed by atoms with E-state index in [1.54, 1.807) is 38.2 Å². The van der Waals surface area contributed by atoms with Crippen LogP contribution >= 0.6 is 0 Å². The Morgan fingerprint density at radius 2 is 1.81 bits per heavy atom. The second-order valence-electron chi connectivity index (χ2n) is 6.14. The predicted octanol–water partition coefficient (Wildman–Crippen LogP) is 2.89. The number of amides is 1. The Bertz CT molecular complexity index is 804. The van der Waals surface area contributed by atoms with Crippen LogP contribution in [-0.4, -0.2) is 36.8 Å². The molecule has 1 aliphatic rings. The molecule has 2 aromatic carbocycles. The van der Waals surface area contributed by atoms with Crippen LogP contribution in [0.3, 0.4) is 0 Å². The van der Waals surface area contributed by atoms with Crippen LogP contribution in [0.4, 0.5) is 5.69 Å². The minimum atomic E-state index is -0.302. The molecule has 0 bridgehead atoms. The molecule has 1 amide bonds. The second-order valence-corrected chi connectivity index (χ2v) is 6.14. The molecule has 26 heavy (non-hydrogen) atoms. The SMILES string of the molecule is COc1cc2c(cc1OC)C(c1ccc(N([O-])O)cc1)N(C(C)=O)CC2. The van der Waals surface area contributed by atoms with Crippen molar-refractivity contribution in [1.29, 1.82) is 0 Å². The fourth-order valence-corrected chi connectivity index (χ4v) is 3.43. The maximum absolute atomic E-state index is 12.2. The lowest BCUT2D eigenvalue weighted by Gasteiger charge is -2.38. The predicted molar refractivity (Wildman–Crippen MR) is 96.6 cm³/mol. The number of hydrogen-bond acceptors (Lipinski definition) is 6. The Balaban J connectivity index is 2.12. The maximum atomic E-state index is 12.2. The molecule has 1 N–H and O–H groups in total. The van der Waals surface area contributed by atoms with E-state index in [0.717, 1.165) is 23.1 Å². The maximum Gasteiger partial charge on any atom is 0.220 e. The van der Waals surface area contributed by atoms with Gasteiger partial charge in [0.1, 0.15) is 0 Å². The summed E-state index contributed by atoms with van der Waals surface area (Å²) in [5.74, 6) is 1.21. The van der Waals surface area contributed by atoms with Gasteiger partial charge in [-0.15, -0.1) is 0 Å². The van der Waals surface area contributed by atoms with Gasteiger partial charge < -0.3 is 24.8 Å². The summed E-state index contributed by atoms with van der Waals surface area (Å²) < 4.78 is 10.8. The van der Waals surface area contributed by atoms with Gasteiger partial charge in [0.2, 0.25) is 5.91 Å². The van der Waals surface area contributed by atoms with E-state index in [2.05, 4.69) is 0 Å². The van der Waals surface area contributed by atoms with Crippen LogP contribution in [0.5, 0.6) is 11.5 Å². The molecule has 7 heteroatoms. The number of carbonyl (C=O) groups is 1. The molecule has 0 aliphatic carbocycles. The summed E-state index contributed by atoms with van der Waals surface area (Å²) in [7, 11) is 3.17. The number of ether oxygens (including phenoxy) is 2. The molecule has 0 aromatic heterocycles. The van der Waals surface area contributed by atoms with Crippen molar-refractivity contribution >= 4 is 11.6 Å². The van der Waals surface area contributed by atoms with Crippen molar-refractivity contribution in [3.63, 3.8) is 0 Å². The number of fused-ring (bicyclic) bond motifs is 1. The molecule has 0 saturated heterocycles. The van der Waals surface area contributed by atoms with Crippen molar-refractivity contribution in [2.45, 2.75) is 19.4 Å². The van der Waals surface area contributed by atoms with Crippen molar-refractivity contribution in [3.05, 3.63) is 58.3 Å². The highest BCUT2D eigenvalue weighted by atomic mass is 16.8. The first kappa shape index (κ1) is 18.0. The van der Waals surface area contributed by atoms with Crippen molar-refractivity contribution in [2.24, 2.45) is 0 Å². The molecule has 1 heterocycles. The molecule has 1 unspecified atom stereocenters. The lowest BCUT2D eigenvalue weighted by Crippen LogP contribution is -2.39. The Labute approximate surface area is 151 Å². The molecule has 2 aromatic rings. The van der Waals surface area contributed by atoms with Crippen molar-refractivity contribution in [1.82, 2.24) is 4.90 Å². The van der Waals surface area contributed by atoms with E-state index in [-0.39, 0.29) is 22.9 Å². The highest BCUT2D eigenvalue weighted by Gasteiger charge is 2.31. The number of nitrogens with zero attached hydrogens (tertiary/aromatic N) is 2. The molecule has 0 radical (unpaired) electrons. The van der Waals surface area contributed by atoms with Gasteiger partial charge in [-0.2, -0.15) is 0 Å². The summed E-state index contributed by atoms with van der Waals surface area (Å²) in [6, 6.07) is 10.1. The first-order valence-corrected chi connectivity index (χ1v) is 8.24. The number of rotatable bonds is 4. The first-order valence-electron chi connectivity index (χ1n) is 8.24. The van der Waals surface area contributed by atoms with E-state index >= 15 is 0 Å². The van der Waals surface area contributed by atoms with Crippen LogP contribution in [-0.2, 0) is 11.2 Å². The van der Waals surface area contributed by atoms with Crippen LogP contribution in [0.1, 0.15) is 29.7 Å². The Kier molecular flexibility index (Phi) is 5.01. The van der Waals surface area contributed by atoms with Crippen LogP contribution < -0.4 is 14.7 Å². The largest absolute Gasteiger partial charge is 0.733 e. The van der Waals surface area contributed by atoms with Crippen molar-refractivity contribution in [3.8, 4) is 11.5 Å². The zero-order valence-corrected chi connectivity index (χ0v) is 14.9. The van der Waals surface area contributed by atoms with E-state index in [9.17, 15) is 10.0 Å². The molecule has 138 valence electrons. The number of benzene rings is 2. The number of carbonyl (C=O) groups excluding carboxylic acids is 1. The van der Waals surface area contributed by atoms with Crippen LogP contribution in [0.25, 0.3) is 0 Å². The van der Waals surface area contributed by atoms with Gasteiger partial charge in [0.05, 0.1) is 25.9 Å². The smallest absolute Gasteiger partial charge is 0.220 e. The molecule has 0 fully saturated rings. The monoisotopic (exact) mass is 357 g/mol. The summed E-state index contributed by atoms with van der Waals surface area (Å²) in [5, 5.41) is 19.9. The number of methoxy groups -OCH3 is 2. The van der Waals surface area contributed by atoms with Gasteiger partial charge in [0.15, 0.2) is 11.5 Å². The molecule has 1 atom stereocenters. The van der Waals surface area contributed by atoms with Gasteiger partial charge in [0.25, 0.3) is 0 Å². The first-order chi connectivity index (χ1) is 12.5. The highest BCUT2D eigenvalue weighted by Crippen LogP contribution is 2.41. The highest BCUT2D eigenvalue weighted by molar-refractivity contribution is 5.75. The van der Waals surface area contributed by atoms with Crippen molar-refractivity contribution in [2.75, 3.05) is 26.0 Å². The van der Waals surface area contributed by atoms with E-state index in [1.807, 2.05) is 12.1 Å². The van der Waals surface area contributed by atoms with Gasteiger partial charge in [0, 0.05) is 13.5 Å². The number of hydrogen-bond donors (Lipinski definition) is 1. The minimum Gasteiger partial charge on any atom is -0.733 e. The van der Waals surface area contributed by atoms with Gasteiger partial charge in [-0.25, -0.2) is 0 Å². The Morgan fingerprint density at radius 1 is 1.19 bits per heavy atom. The molecule has 0 saturated carbocycles. The van der Waals surface area contributed by atoms with E-state index in [0.29, 0.717) is 18.0 Å². The second kappa shape index (κ2) is 7.23. The molecule has 7 nitrogen and oxygen atoms in total. The molecule has 1 aliphatic heterocycles. The third-order valence-corrected chi connectivity index (χ3v) is 4.71. The third-order valence-electron chi connectivity index (χ3n) is 4.71. The van der Waals surface area contributed by atoms with Gasteiger partial charge in [-0.05, 0) is 47.4 Å². The minimum absolute atomic E-state index is 0.0351. The zero-order chi connectivity index (χ0) is 18.8. The summed E-state index contributed by atoms with van der Waals surface area (Å²) in [4.78, 5) is 14.0. The van der Waals surface area contributed by atoms with E-state index in [1.165, 1.54) is 12.1 Å². The molecular formula is C19H21N2O5-. The van der Waals surface area contributed by atoms with Crippen molar-refractivity contribution < 1.29 is 19.5 Å². The molecule has 0 spiro atoms. The quantitative estimate of drug-likeness (QED) is 0.847. The van der Waals surface area contributed by atoms with E-state index in [4.69, 9.17) is 14.7 Å². The fraction of sp³-hybridized carbons (Fsp3) is 0.316. The topological polar surface area (TPSA) is 85.3 Å². The lowest BCUT2D eigenvalue weighted by atomic mass is 9.87.